The fourth-order valence-corrected chi connectivity index (χ4v) is 3.81. The molecular formula is C11H12ClN5O4S. The first-order valence-electron chi connectivity index (χ1n) is 6.09. The maximum absolute atomic E-state index is 12.4. The van der Waals surface area contributed by atoms with Crippen molar-refractivity contribution in [2.75, 3.05) is 0 Å². The first-order valence-corrected chi connectivity index (χ1v) is 7.95. The van der Waals surface area contributed by atoms with Crippen LogP contribution in [-0.4, -0.2) is 34.1 Å². The van der Waals surface area contributed by atoms with Gasteiger partial charge in [-0.3, -0.25) is 14.8 Å². The zero-order valence-electron chi connectivity index (χ0n) is 11.4. The first-order chi connectivity index (χ1) is 10.3. The number of benzene rings is 1. The van der Waals surface area contributed by atoms with Crippen molar-refractivity contribution in [2.45, 2.75) is 24.4 Å². The molecule has 0 radical (unpaired) electrons. The van der Waals surface area contributed by atoms with E-state index in [2.05, 4.69) is 14.8 Å². The molecule has 22 heavy (non-hydrogen) atoms. The van der Waals surface area contributed by atoms with E-state index in [-0.39, 0.29) is 11.6 Å². The molecule has 0 spiro atoms. The van der Waals surface area contributed by atoms with Gasteiger partial charge in [0.15, 0.2) is 4.90 Å². The normalized spacial score (nSPS) is 13.0. The van der Waals surface area contributed by atoms with Crippen LogP contribution in [0.2, 0.25) is 5.02 Å². The van der Waals surface area contributed by atoms with Crippen LogP contribution in [0.3, 0.4) is 0 Å². The Balaban J connectivity index is 2.29. The van der Waals surface area contributed by atoms with Gasteiger partial charge < -0.3 is 0 Å². The fourth-order valence-electron chi connectivity index (χ4n) is 1.88. The van der Waals surface area contributed by atoms with Crippen LogP contribution in [0.5, 0.6) is 0 Å². The SMILES string of the molecule is C[C@H](Cn1cncn1)NS(=O)(=O)c1c(Cl)cccc1[N+](=O)[O-]. The number of hydrogen-bond acceptors (Lipinski definition) is 6. The summed E-state index contributed by atoms with van der Waals surface area (Å²) in [4.78, 5) is 13.4. The van der Waals surface area contributed by atoms with Gasteiger partial charge in [0.25, 0.3) is 5.69 Å². The van der Waals surface area contributed by atoms with Crippen LogP contribution in [0.1, 0.15) is 6.92 Å². The van der Waals surface area contributed by atoms with E-state index in [0.29, 0.717) is 0 Å². The predicted octanol–water partition coefficient (Wildman–Crippen LogP) is 1.21. The first kappa shape index (κ1) is 16.3. The summed E-state index contributed by atoms with van der Waals surface area (Å²) in [6.07, 6.45) is 2.75. The number of halogens is 1. The molecular weight excluding hydrogens is 334 g/mol. The van der Waals surface area contributed by atoms with Crippen molar-refractivity contribution in [3.63, 3.8) is 0 Å². The quantitative estimate of drug-likeness (QED) is 0.620. The Morgan fingerprint density at radius 3 is 2.82 bits per heavy atom. The van der Waals surface area contributed by atoms with Crippen molar-refractivity contribution in [3.05, 3.63) is 46.0 Å². The molecule has 0 bridgehead atoms. The molecule has 1 aromatic heterocycles. The Hall–Kier alpha value is -2.04. The lowest BCUT2D eigenvalue weighted by Crippen LogP contribution is -2.36. The van der Waals surface area contributed by atoms with E-state index in [0.717, 1.165) is 6.07 Å². The molecule has 9 nitrogen and oxygen atoms in total. The maximum Gasteiger partial charge on any atom is 0.290 e. The number of nitrogens with one attached hydrogen (secondary N) is 1. The summed E-state index contributed by atoms with van der Waals surface area (Å²) >= 11 is 5.83. The Kier molecular flexibility index (Phi) is 4.74. The van der Waals surface area contributed by atoms with Crippen molar-refractivity contribution in [2.24, 2.45) is 0 Å². The summed E-state index contributed by atoms with van der Waals surface area (Å²) in [6, 6.07) is 3.12. The summed E-state index contributed by atoms with van der Waals surface area (Å²) in [5, 5.41) is 14.6. The van der Waals surface area contributed by atoms with Crippen molar-refractivity contribution in [1.82, 2.24) is 19.5 Å². The van der Waals surface area contributed by atoms with E-state index in [1.165, 1.54) is 29.5 Å². The Morgan fingerprint density at radius 1 is 1.50 bits per heavy atom. The minimum Gasteiger partial charge on any atom is -0.258 e. The van der Waals surface area contributed by atoms with Crippen LogP contribution >= 0.6 is 11.6 Å². The summed E-state index contributed by atoms with van der Waals surface area (Å²) in [5.41, 5.74) is -0.576. The molecule has 0 aliphatic heterocycles. The largest absolute Gasteiger partial charge is 0.290 e. The van der Waals surface area contributed by atoms with Crippen molar-refractivity contribution < 1.29 is 13.3 Å². The monoisotopic (exact) mass is 345 g/mol. The summed E-state index contributed by atoms with van der Waals surface area (Å²) in [7, 11) is -4.15. The van der Waals surface area contributed by atoms with Crippen molar-refractivity contribution in [1.29, 1.82) is 0 Å². The number of nitro benzene ring substituents is 1. The third-order valence-electron chi connectivity index (χ3n) is 2.70. The Labute approximate surface area is 131 Å². The number of hydrogen-bond donors (Lipinski definition) is 1. The standard InChI is InChI=1S/C11H12ClN5O4S/c1-8(5-16-7-13-6-14-16)15-22(20,21)11-9(12)3-2-4-10(11)17(18)19/h2-4,6-8,15H,5H2,1H3/t8-/m1/s1. The number of nitrogens with zero attached hydrogens (tertiary/aromatic N) is 4. The van der Waals surface area contributed by atoms with Crippen LogP contribution in [0.15, 0.2) is 35.7 Å². The molecule has 1 N–H and O–H groups in total. The molecule has 0 unspecified atom stereocenters. The zero-order valence-corrected chi connectivity index (χ0v) is 13.0. The van der Waals surface area contributed by atoms with Crippen LogP contribution in [0, 0.1) is 10.1 Å². The van der Waals surface area contributed by atoms with E-state index < -0.39 is 31.6 Å². The Morgan fingerprint density at radius 2 is 2.23 bits per heavy atom. The highest BCUT2D eigenvalue weighted by Gasteiger charge is 2.30. The predicted molar refractivity (Wildman–Crippen MR) is 77.9 cm³/mol. The van der Waals surface area contributed by atoms with Crippen LogP contribution in [-0.2, 0) is 16.6 Å². The molecule has 0 amide bonds. The molecule has 2 aromatic rings. The lowest BCUT2D eigenvalue weighted by Gasteiger charge is -2.14. The van der Waals surface area contributed by atoms with Gasteiger partial charge in [-0.15, -0.1) is 0 Å². The van der Waals surface area contributed by atoms with Gasteiger partial charge in [-0.05, 0) is 13.0 Å². The highest BCUT2D eigenvalue weighted by Crippen LogP contribution is 2.30. The summed E-state index contributed by atoms with van der Waals surface area (Å²) < 4.78 is 28.5. The maximum atomic E-state index is 12.4. The molecule has 0 fully saturated rings. The molecule has 0 saturated heterocycles. The van der Waals surface area contributed by atoms with Crippen molar-refractivity contribution >= 4 is 27.3 Å². The smallest absolute Gasteiger partial charge is 0.258 e. The van der Waals surface area contributed by atoms with E-state index >= 15 is 0 Å². The third kappa shape index (κ3) is 3.59. The minimum absolute atomic E-state index is 0.213. The molecule has 1 aromatic carbocycles. The Bertz CT molecular complexity index is 778. The number of sulfonamides is 1. The molecule has 2 rings (SSSR count). The van der Waals surface area contributed by atoms with Gasteiger partial charge in [0.05, 0.1) is 16.5 Å². The average Bonchev–Trinajstić information content (AvgIpc) is 2.89. The number of aromatic nitrogens is 3. The molecule has 1 heterocycles. The molecule has 11 heteroatoms. The summed E-state index contributed by atoms with van der Waals surface area (Å²) in [6.45, 7) is 1.82. The zero-order chi connectivity index (χ0) is 16.3. The van der Waals surface area contributed by atoms with E-state index in [1.54, 1.807) is 6.92 Å². The van der Waals surface area contributed by atoms with Gasteiger partial charge in [0, 0.05) is 12.1 Å². The summed E-state index contributed by atoms with van der Waals surface area (Å²) in [5.74, 6) is 0. The fraction of sp³-hybridized carbons (Fsp3) is 0.273. The molecule has 1 atom stereocenters. The minimum atomic E-state index is -4.15. The number of rotatable bonds is 6. The number of nitro groups is 1. The van der Waals surface area contributed by atoms with Gasteiger partial charge in [0.1, 0.15) is 12.7 Å². The van der Waals surface area contributed by atoms with Gasteiger partial charge in [-0.25, -0.2) is 18.1 Å². The van der Waals surface area contributed by atoms with Crippen molar-refractivity contribution in [3.8, 4) is 0 Å². The van der Waals surface area contributed by atoms with Gasteiger partial charge >= 0.3 is 0 Å². The van der Waals surface area contributed by atoms with Crippen LogP contribution < -0.4 is 4.72 Å². The van der Waals surface area contributed by atoms with E-state index in [9.17, 15) is 18.5 Å². The lowest BCUT2D eigenvalue weighted by atomic mass is 10.3. The van der Waals surface area contributed by atoms with Gasteiger partial charge in [-0.1, -0.05) is 17.7 Å². The highest BCUT2D eigenvalue weighted by molar-refractivity contribution is 7.89. The van der Waals surface area contributed by atoms with Gasteiger partial charge in [0.2, 0.25) is 10.0 Å². The highest BCUT2D eigenvalue weighted by atomic mass is 35.5. The van der Waals surface area contributed by atoms with Crippen LogP contribution in [0.25, 0.3) is 0 Å². The second kappa shape index (κ2) is 6.38. The lowest BCUT2D eigenvalue weighted by molar-refractivity contribution is -0.387. The van der Waals surface area contributed by atoms with E-state index in [4.69, 9.17) is 11.6 Å². The molecule has 0 aliphatic rings. The molecule has 0 aliphatic carbocycles. The topological polar surface area (TPSA) is 120 Å². The second-order valence-electron chi connectivity index (χ2n) is 4.49. The molecule has 0 saturated carbocycles. The third-order valence-corrected chi connectivity index (χ3v) is 4.80. The van der Waals surface area contributed by atoms with Crippen LogP contribution in [0.4, 0.5) is 5.69 Å². The second-order valence-corrected chi connectivity index (χ2v) is 6.54. The average molecular weight is 346 g/mol. The molecule has 118 valence electrons. The van der Waals surface area contributed by atoms with Gasteiger partial charge in [-0.2, -0.15) is 5.10 Å². The van der Waals surface area contributed by atoms with E-state index in [1.807, 2.05) is 0 Å².